The highest BCUT2D eigenvalue weighted by atomic mass is 32.2. The summed E-state index contributed by atoms with van der Waals surface area (Å²) in [7, 11) is -2.43. The van der Waals surface area contributed by atoms with Crippen molar-refractivity contribution in [2.75, 3.05) is 11.4 Å². The molecule has 5 rings (SSSR count). The first kappa shape index (κ1) is 21.2. The Morgan fingerprint density at radius 1 is 0.939 bits per heavy atom. The third-order valence-corrected chi connectivity index (χ3v) is 7.65. The van der Waals surface area contributed by atoms with Crippen LogP contribution in [0.15, 0.2) is 95.5 Å². The van der Waals surface area contributed by atoms with E-state index in [1.54, 1.807) is 49.6 Å². The van der Waals surface area contributed by atoms with Gasteiger partial charge in [-0.05, 0) is 48.2 Å². The lowest BCUT2D eigenvalue weighted by atomic mass is 10.0. The molecule has 0 bridgehead atoms. The van der Waals surface area contributed by atoms with Crippen molar-refractivity contribution in [2.24, 2.45) is 0 Å². The van der Waals surface area contributed by atoms with E-state index in [9.17, 15) is 13.5 Å². The quantitative estimate of drug-likeness (QED) is 0.443. The lowest BCUT2D eigenvalue weighted by Gasteiger charge is -2.23. The molecule has 1 aliphatic rings. The van der Waals surface area contributed by atoms with Gasteiger partial charge in [0.05, 0.1) is 23.4 Å². The van der Waals surface area contributed by atoms with Gasteiger partial charge in [-0.15, -0.1) is 0 Å². The van der Waals surface area contributed by atoms with Crippen LogP contribution in [0.1, 0.15) is 22.8 Å². The first-order valence-electron chi connectivity index (χ1n) is 10.6. The Morgan fingerprint density at radius 3 is 2.45 bits per heavy atom. The zero-order valence-electron chi connectivity index (χ0n) is 18.3. The van der Waals surface area contributed by atoms with Crippen LogP contribution in [0.3, 0.4) is 0 Å². The average molecular weight is 458 g/mol. The van der Waals surface area contributed by atoms with Crippen LogP contribution >= 0.6 is 0 Å². The Bertz CT molecular complexity index is 1490. The van der Waals surface area contributed by atoms with Crippen molar-refractivity contribution >= 4 is 32.6 Å². The number of nitrogens with zero attached hydrogens (tertiary/aromatic N) is 1. The van der Waals surface area contributed by atoms with Crippen LogP contribution in [0.5, 0.6) is 5.75 Å². The van der Waals surface area contributed by atoms with Gasteiger partial charge in [0.1, 0.15) is 11.9 Å². The summed E-state index contributed by atoms with van der Waals surface area (Å²) in [6.07, 6.45) is 0.601. The van der Waals surface area contributed by atoms with Crippen molar-refractivity contribution in [2.45, 2.75) is 17.9 Å². The van der Waals surface area contributed by atoms with Crippen LogP contribution < -0.4 is 9.04 Å². The number of sulfonamides is 1. The van der Waals surface area contributed by atoms with Gasteiger partial charge in [0.15, 0.2) is 0 Å². The Hall–Kier alpha value is -3.61. The van der Waals surface area contributed by atoms with Crippen molar-refractivity contribution in [1.29, 1.82) is 0 Å². The Kier molecular flexibility index (Phi) is 5.19. The molecule has 4 aromatic rings. The van der Waals surface area contributed by atoms with Crippen molar-refractivity contribution in [3.8, 4) is 5.75 Å². The van der Waals surface area contributed by atoms with Gasteiger partial charge in [-0.25, -0.2) is 12.7 Å². The molecule has 1 unspecified atom stereocenters. The van der Waals surface area contributed by atoms with Gasteiger partial charge in [-0.1, -0.05) is 66.2 Å². The minimum absolute atomic E-state index is 0.164. The molecule has 6 heteroatoms. The van der Waals surface area contributed by atoms with E-state index in [1.807, 2.05) is 55.5 Å². The maximum atomic E-state index is 14.0. The molecule has 0 aromatic heterocycles. The average Bonchev–Trinajstić information content (AvgIpc) is 3.12. The molecule has 0 aliphatic carbocycles. The molecule has 1 N–H and O–H groups in total. The van der Waals surface area contributed by atoms with E-state index in [2.05, 4.69) is 0 Å². The van der Waals surface area contributed by atoms with Gasteiger partial charge in [-0.3, -0.25) is 0 Å². The second-order valence-corrected chi connectivity index (χ2v) is 9.84. The number of hydrogen-bond donors (Lipinski definition) is 1. The highest BCUT2D eigenvalue weighted by Gasteiger charge is 2.41. The zero-order chi connectivity index (χ0) is 23.2. The molecule has 1 atom stereocenters. The molecule has 0 radical (unpaired) electrons. The number of ether oxygens (including phenoxy) is 1. The van der Waals surface area contributed by atoms with Gasteiger partial charge in [0.2, 0.25) is 0 Å². The molecular formula is C27H23NO4S. The van der Waals surface area contributed by atoms with Crippen molar-refractivity contribution < 1.29 is 18.3 Å². The van der Waals surface area contributed by atoms with Gasteiger partial charge < -0.3 is 9.84 Å². The van der Waals surface area contributed by atoms with E-state index in [0.29, 0.717) is 17.0 Å². The molecule has 1 heterocycles. The van der Waals surface area contributed by atoms with E-state index in [0.717, 1.165) is 21.9 Å². The number of benzene rings is 4. The summed E-state index contributed by atoms with van der Waals surface area (Å²) in [5.41, 5.74) is 3.00. The number of aliphatic hydroxyl groups is 1. The smallest absolute Gasteiger partial charge is 0.268 e. The summed E-state index contributed by atoms with van der Waals surface area (Å²) < 4.78 is 34.5. The van der Waals surface area contributed by atoms with Crippen LogP contribution in [-0.2, 0) is 10.0 Å². The number of hydrogen-bond acceptors (Lipinski definition) is 4. The van der Waals surface area contributed by atoms with Gasteiger partial charge in [0.25, 0.3) is 10.0 Å². The van der Waals surface area contributed by atoms with Crippen LogP contribution in [0, 0.1) is 6.92 Å². The number of anilines is 1. The SMILES string of the molecule is COc1cccc(/C=C2\C(O)c3ccc4ccccc4c3N2S(=O)(=O)c2ccc(C)cc2)c1. The molecule has 0 saturated heterocycles. The molecular weight excluding hydrogens is 434 g/mol. The maximum absolute atomic E-state index is 14.0. The Balaban J connectivity index is 1.79. The van der Waals surface area contributed by atoms with E-state index >= 15 is 0 Å². The molecule has 166 valence electrons. The van der Waals surface area contributed by atoms with Crippen LogP contribution in [0.2, 0.25) is 0 Å². The summed E-state index contributed by atoms with van der Waals surface area (Å²) in [4.78, 5) is 0.164. The Morgan fingerprint density at radius 2 is 1.70 bits per heavy atom. The predicted molar refractivity (Wildman–Crippen MR) is 131 cm³/mol. The predicted octanol–water partition coefficient (Wildman–Crippen LogP) is 5.44. The van der Waals surface area contributed by atoms with E-state index in [4.69, 9.17) is 4.74 Å². The fourth-order valence-electron chi connectivity index (χ4n) is 4.23. The lowest BCUT2D eigenvalue weighted by Crippen LogP contribution is -2.28. The first-order valence-corrected chi connectivity index (χ1v) is 12.0. The molecule has 0 fully saturated rings. The molecule has 1 aliphatic heterocycles. The van der Waals surface area contributed by atoms with E-state index < -0.39 is 16.1 Å². The summed E-state index contributed by atoms with van der Waals surface area (Å²) in [6, 6.07) is 25.3. The number of aryl methyl sites for hydroxylation is 1. The van der Waals surface area contributed by atoms with E-state index in [1.165, 1.54) is 4.31 Å². The molecule has 0 amide bonds. The number of fused-ring (bicyclic) bond motifs is 3. The summed E-state index contributed by atoms with van der Waals surface area (Å²) in [6.45, 7) is 1.91. The normalized spacial score (nSPS) is 16.9. The van der Waals surface area contributed by atoms with Crippen LogP contribution in [-0.4, -0.2) is 20.6 Å². The molecule has 33 heavy (non-hydrogen) atoms. The first-order chi connectivity index (χ1) is 15.9. The molecule has 0 saturated carbocycles. The van der Waals surface area contributed by atoms with Gasteiger partial charge in [0, 0.05) is 10.9 Å². The Labute approximate surface area is 193 Å². The second-order valence-electron chi connectivity index (χ2n) is 8.06. The monoisotopic (exact) mass is 457 g/mol. The lowest BCUT2D eigenvalue weighted by molar-refractivity contribution is 0.223. The fourth-order valence-corrected chi connectivity index (χ4v) is 5.80. The largest absolute Gasteiger partial charge is 0.497 e. The molecule has 5 nitrogen and oxygen atoms in total. The molecule has 0 spiro atoms. The number of methoxy groups -OCH3 is 1. The minimum Gasteiger partial charge on any atom is -0.497 e. The minimum atomic E-state index is -4.00. The summed E-state index contributed by atoms with van der Waals surface area (Å²) in [5.74, 6) is 0.646. The van der Waals surface area contributed by atoms with Crippen molar-refractivity contribution in [3.05, 3.63) is 107 Å². The maximum Gasteiger partial charge on any atom is 0.268 e. The van der Waals surface area contributed by atoms with Crippen LogP contribution in [0.4, 0.5) is 5.69 Å². The third kappa shape index (κ3) is 3.57. The van der Waals surface area contributed by atoms with Crippen molar-refractivity contribution in [1.82, 2.24) is 0 Å². The molecule has 4 aromatic carbocycles. The number of rotatable bonds is 4. The summed E-state index contributed by atoms with van der Waals surface area (Å²) >= 11 is 0. The summed E-state index contributed by atoms with van der Waals surface area (Å²) in [5, 5.41) is 13.0. The van der Waals surface area contributed by atoms with Crippen molar-refractivity contribution in [3.63, 3.8) is 0 Å². The standard InChI is InChI=1S/C27H23NO4S/c1-18-10-13-22(14-11-18)33(30,31)28-25(17-19-6-5-8-21(16-19)32-2)27(29)24-15-12-20-7-3-4-9-23(20)26(24)28/h3-17,27,29H,1-2H3/b25-17+. The topological polar surface area (TPSA) is 66.8 Å². The number of aliphatic hydroxyl groups excluding tert-OH is 1. The highest BCUT2D eigenvalue weighted by molar-refractivity contribution is 7.93. The fraction of sp³-hybridized carbons (Fsp3) is 0.111. The van der Waals surface area contributed by atoms with Gasteiger partial charge in [-0.2, -0.15) is 0 Å². The van der Waals surface area contributed by atoms with Gasteiger partial charge >= 0.3 is 0 Å². The van der Waals surface area contributed by atoms with Crippen LogP contribution in [0.25, 0.3) is 16.8 Å². The van der Waals surface area contributed by atoms with E-state index in [-0.39, 0.29) is 10.6 Å². The zero-order valence-corrected chi connectivity index (χ0v) is 19.1. The highest BCUT2D eigenvalue weighted by Crippen LogP contribution is 2.49. The second kappa shape index (κ2) is 8.06. The third-order valence-electron chi connectivity index (χ3n) is 5.91.